The molecule has 15 heavy (non-hydrogen) atoms. The number of aromatic nitrogens is 1. The highest BCUT2D eigenvalue weighted by Gasteiger charge is 2.08. The van der Waals surface area contributed by atoms with Gasteiger partial charge in [0.05, 0.1) is 6.61 Å². The SMILES string of the molecule is CCCOC[n+]1cc(C)c(C)c(CC)c1. The first-order valence-corrected chi connectivity index (χ1v) is 5.76. The fourth-order valence-corrected chi connectivity index (χ4v) is 1.68. The van der Waals surface area contributed by atoms with E-state index in [1.165, 1.54) is 16.7 Å². The molecule has 0 saturated carbocycles. The summed E-state index contributed by atoms with van der Waals surface area (Å²) in [5, 5.41) is 0. The van der Waals surface area contributed by atoms with Crippen LogP contribution in [0.2, 0.25) is 0 Å². The van der Waals surface area contributed by atoms with Crippen molar-refractivity contribution in [2.24, 2.45) is 0 Å². The second-order valence-corrected chi connectivity index (χ2v) is 4.00. The third kappa shape index (κ3) is 3.31. The maximum absolute atomic E-state index is 5.53. The van der Waals surface area contributed by atoms with Crippen molar-refractivity contribution in [2.45, 2.75) is 47.3 Å². The second-order valence-electron chi connectivity index (χ2n) is 4.00. The van der Waals surface area contributed by atoms with Gasteiger partial charge in [0.2, 0.25) is 0 Å². The number of rotatable bonds is 5. The average Bonchev–Trinajstić information content (AvgIpc) is 2.23. The van der Waals surface area contributed by atoms with Crippen LogP contribution in [0.25, 0.3) is 0 Å². The van der Waals surface area contributed by atoms with Crippen molar-refractivity contribution in [3.8, 4) is 0 Å². The highest BCUT2D eigenvalue weighted by Crippen LogP contribution is 2.10. The Morgan fingerprint density at radius 3 is 2.53 bits per heavy atom. The lowest BCUT2D eigenvalue weighted by Gasteiger charge is -2.06. The lowest BCUT2D eigenvalue weighted by Crippen LogP contribution is -2.36. The second kappa shape index (κ2) is 5.86. The number of hydrogen-bond donors (Lipinski definition) is 0. The molecule has 0 spiro atoms. The molecule has 1 heterocycles. The predicted molar refractivity (Wildman–Crippen MR) is 61.7 cm³/mol. The minimum atomic E-state index is 0.669. The molecule has 0 bridgehead atoms. The molecule has 0 radical (unpaired) electrons. The zero-order valence-electron chi connectivity index (χ0n) is 10.3. The van der Waals surface area contributed by atoms with E-state index in [4.69, 9.17) is 4.74 Å². The lowest BCUT2D eigenvalue weighted by molar-refractivity contribution is -0.733. The summed E-state index contributed by atoms with van der Waals surface area (Å²) < 4.78 is 7.66. The normalized spacial score (nSPS) is 10.7. The molecule has 0 unspecified atom stereocenters. The van der Waals surface area contributed by atoms with E-state index in [1.807, 2.05) is 0 Å². The molecule has 0 aromatic carbocycles. The summed E-state index contributed by atoms with van der Waals surface area (Å²) in [5.41, 5.74) is 4.16. The summed E-state index contributed by atoms with van der Waals surface area (Å²) in [5.74, 6) is 0. The van der Waals surface area contributed by atoms with Gasteiger partial charge in [-0.25, -0.2) is 0 Å². The Morgan fingerprint density at radius 2 is 1.93 bits per heavy atom. The molecule has 2 heteroatoms. The highest BCUT2D eigenvalue weighted by molar-refractivity contribution is 5.26. The molecule has 0 amide bonds. The van der Waals surface area contributed by atoms with Crippen LogP contribution in [0.4, 0.5) is 0 Å². The van der Waals surface area contributed by atoms with Gasteiger partial charge in [-0.1, -0.05) is 13.8 Å². The fourth-order valence-electron chi connectivity index (χ4n) is 1.68. The minimum Gasteiger partial charge on any atom is -0.323 e. The molecule has 0 aliphatic carbocycles. The monoisotopic (exact) mass is 208 g/mol. The summed E-state index contributed by atoms with van der Waals surface area (Å²) in [7, 11) is 0. The van der Waals surface area contributed by atoms with Gasteiger partial charge in [0.1, 0.15) is 0 Å². The number of pyridine rings is 1. The Bertz CT molecular complexity index is 321. The van der Waals surface area contributed by atoms with Gasteiger partial charge in [-0.15, -0.1) is 0 Å². The Morgan fingerprint density at radius 1 is 1.20 bits per heavy atom. The van der Waals surface area contributed by atoms with Gasteiger partial charge in [-0.05, 0) is 32.3 Å². The quantitative estimate of drug-likeness (QED) is 0.535. The molecule has 2 nitrogen and oxygen atoms in total. The molecule has 0 fully saturated rings. The van der Waals surface area contributed by atoms with E-state index in [1.54, 1.807) is 0 Å². The Hall–Kier alpha value is -0.890. The van der Waals surface area contributed by atoms with E-state index in [0.29, 0.717) is 6.73 Å². The Kier molecular flexibility index (Phi) is 4.76. The van der Waals surface area contributed by atoms with Crippen LogP contribution in [0, 0.1) is 13.8 Å². The zero-order chi connectivity index (χ0) is 11.3. The minimum absolute atomic E-state index is 0.669. The van der Waals surface area contributed by atoms with Crippen molar-refractivity contribution in [3.63, 3.8) is 0 Å². The van der Waals surface area contributed by atoms with Crippen LogP contribution < -0.4 is 4.57 Å². The maximum atomic E-state index is 5.53. The summed E-state index contributed by atoms with van der Waals surface area (Å²) in [4.78, 5) is 0. The third-order valence-electron chi connectivity index (χ3n) is 2.72. The number of aryl methyl sites for hydroxylation is 2. The van der Waals surface area contributed by atoms with E-state index in [0.717, 1.165) is 19.4 Å². The first kappa shape index (κ1) is 12.2. The molecular formula is C13H22NO+. The van der Waals surface area contributed by atoms with Crippen molar-refractivity contribution < 1.29 is 9.30 Å². The Labute approximate surface area is 92.9 Å². The van der Waals surface area contributed by atoms with Gasteiger partial charge in [0, 0.05) is 11.1 Å². The van der Waals surface area contributed by atoms with Gasteiger partial charge in [-0.3, -0.25) is 0 Å². The molecule has 0 aliphatic rings. The van der Waals surface area contributed by atoms with Crippen LogP contribution in [0.1, 0.15) is 37.0 Å². The molecule has 1 rings (SSSR count). The maximum Gasteiger partial charge on any atom is 0.252 e. The topological polar surface area (TPSA) is 13.1 Å². The van der Waals surface area contributed by atoms with Crippen molar-refractivity contribution in [2.75, 3.05) is 6.61 Å². The van der Waals surface area contributed by atoms with Gasteiger partial charge in [0.25, 0.3) is 6.73 Å². The summed E-state index contributed by atoms with van der Waals surface area (Å²) in [6, 6.07) is 0. The fraction of sp³-hybridized carbons (Fsp3) is 0.615. The molecular weight excluding hydrogens is 186 g/mol. The van der Waals surface area contributed by atoms with Crippen LogP contribution >= 0.6 is 0 Å². The molecule has 0 aliphatic heterocycles. The average molecular weight is 208 g/mol. The number of ether oxygens (including phenoxy) is 1. The van der Waals surface area contributed by atoms with Crippen LogP contribution in [-0.4, -0.2) is 6.61 Å². The molecule has 0 saturated heterocycles. The number of hydrogen-bond acceptors (Lipinski definition) is 1. The van der Waals surface area contributed by atoms with Crippen molar-refractivity contribution >= 4 is 0 Å². The van der Waals surface area contributed by atoms with Gasteiger partial charge in [0.15, 0.2) is 12.4 Å². The van der Waals surface area contributed by atoms with E-state index < -0.39 is 0 Å². The predicted octanol–water partition coefficient (Wildman–Crippen LogP) is 2.54. The molecule has 0 atom stereocenters. The zero-order valence-corrected chi connectivity index (χ0v) is 10.3. The number of nitrogens with zero attached hydrogens (tertiary/aromatic N) is 1. The van der Waals surface area contributed by atoms with Gasteiger partial charge in [-0.2, -0.15) is 4.57 Å². The van der Waals surface area contributed by atoms with Crippen molar-refractivity contribution in [1.29, 1.82) is 0 Å². The lowest BCUT2D eigenvalue weighted by atomic mass is 10.1. The Balaban J connectivity index is 2.77. The third-order valence-corrected chi connectivity index (χ3v) is 2.72. The summed E-state index contributed by atoms with van der Waals surface area (Å²) in [6.45, 7) is 10.2. The summed E-state index contributed by atoms with van der Waals surface area (Å²) >= 11 is 0. The van der Waals surface area contributed by atoms with Crippen LogP contribution in [0.3, 0.4) is 0 Å². The van der Waals surface area contributed by atoms with Crippen LogP contribution in [-0.2, 0) is 17.9 Å². The molecule has 1 aromatic heterocycles. The van der Waals surface area contributed by atoms with E-state index in [2.05, 4.69) is 44.7 Å². The molecule has 0 N–H and O–H groups in total. The van der Waals surface area contributed by atoms with E-state index in [9.17, 15) is 0 Å². The summed E-state index contributed by atoms with van der Waals surface area (Å²) in [6.07, 6.45) is 6.51. The highest BCUT2D eigenvalue weighted by atomic mass is 16.5. The van der Waals surface area contributed by atoms with Crippen molar-refractivity contribution in [3.05, 3.63) is 29.1 Å². The van der Waals surface area contributed by atoms with Gasteiger partial charge >= 0.3 is 0 Å². The van der Waals surface area contributed by atoms with E-state index in [-0.39, 0.29) is 0 Å². The van der Waals surface area contributed by atoms with Gasteiger partial charge < -0.3 is 4.74 Å². The van der Waals surface area contributed by atoms with Crippen molar-refractivity contribution in [1.82, 2.24) is 0 Å². The first-order valence-electron chi connectivity index (χ1n) is 5.76. The first-order chi connectivity index (χ1) is 7.19. The molecule has 1 aromatic rings. The largest absolute Gasteiger partial charge is 0.323 e. The van der Waals surface area contributed by atoms with E-state index >= 15 is 0 Å². The standard InChI is InChI=1S/C13H22NO/c1-5-7-15-10-14-8-11(3)12(4)13(6-2)9-14/h8-9H,5-7,10H2,1-4H3/q+1. The smallest absolute Gasteiger partial charge is 0.252 e. The molecule has 84 valence electrons. The van der Waals surface area contributed by atoms with Crippen LogP contribution in [0.5, 0.6) is 0 Å². The van der Waals surface area contributed by atoms with Crippen LogP contribution in [0.15, 0.2) is 12.4 Å².